The highest BCUT2D eigenvalue weighted by Crippen LogP contribution is 1.85. The van der Waals surface area contributed by atoms with E-state index >= 15 is 0 Å². The van der Waals surface area contributed by atoms with Gasteiger partial charge in [-0.1, -0.05) is 0 Å². The molecule has 0 spiro atoms. The van der Waals surface area contributed by atoms with E-state index in [0.717, 1.165) is 0 Å². The fourth-order valence-corrected chi connectivity index (χ4v) is 0.203. The largest absolute Gasteiger partial charge is 0.505 e. The fourth-order valence-electron chi connectivity index (χ4n) is 0.203. The molecule has 0 aliphatic heterocycles. The molecule has 0 saturated carbocycles. The Morgan fingerprint density at radius 3 is 2.14 bits per heavy atom. The first-order valence-electron chi connectivity index (χ1n) is 2.04. The highest BCUT2D eigenvalue weighted by molar-refractivity contribution is 5.90. The van der Waals surface area contributed by atoms with Gasteiger partial charge in [0.05, 0.1) is 0 Å². The van der Waals surface area contributed by atoms with Crippen LogP contribution in [0.3, 0.4) is 0 Å². The van der Waals surface area contributed by atoms with Gasteiger partial charge >= 0.3 is 0 Å². The predicted octanol–water partition coefficient (Wildman–Crippen LogP) is 1.04. The Morgan fingerprint density at radius 1 is 1.71 bits per heavy atom. The molecule has 0 heterocycles. The zero-order chi connectivity index (χ0) is 5.86. The van der Waals surface area contributed by atoms with Crippen molar-refractivity contribution in [2.24, 2.45) is 0 Å². The number of rotatable bonds is 1. The van der Waals surface area contributed by atoms with Crippen LogP contribution < -0.4 is 0 Å². The summed E-state index contributed by atoms with van der Waals surface area (Å²) < 4.78 is 0. The van der Waals surface area contributed by atoms with Gasteiger partial charge in [0.2, 0.25) is 0 Å². The first kappa shape index (κ1) is 6.21. The zero-order valence-electron chi connectivity index (χ0n) is 4.43. The normalized spacial score (nSPS) is 11.4. The van der Waals surface area contributed by atoms with Crippen molar-refractivity contribution in [2.75, 3.05) is 0 Å². The predicted molar refractivity (Wildman–Crippen MR) is 27.1 cm³/mol. The first-order valence-corrected chi connectivity index (χ1v) is 2.04. The van der Waals surface area contributed by atoms with Gasteiger partial charge in [0.25, 0.3) is 0 Å². The molecular weight excluding hydrogens is 92.1 g/mol. The van der Waals surface area contributed by atoms with Crippen LogP contribution in [0.25, 0.3) is 0 Å². The van der Waals surface area contributed by atoms with E-state index in [1.165, 1.54) is 13.0 Å². The standard InChI is InChI=1S/C5H8O2/c1-3-5(7)4(2)6/h3,7H,1-2H3/b5-3-. The number of hydrogen-bond donors (Lipinski definition) is 1. The van der Waals surface area contributed by atoms with E-state index in [1.54, 1.807) is 6.92 Å². The van der Waals surface area contributed by atoms with E-state index in [0.29, 0.717) is 0 Å². The molecule has 0 saturated heterocycles. The molecule has 1 N–H and O–H groups in total. The minimum atomic E-state index is -0.289. The molecule has 7 heavy (non-hydrogen) atoms. The van der Waals surface area contributed by atoms with Crippen molar-refractivity contribution in [1.82, 2.24) is 0 Å². The third kappa shape index (κ3) is 1.98. The van der Waals surface area contributed by atoms with E-state index in [9.17, 15) is 4.79 Å². The minimum Gasteiger partial charge on any atom is -0.505 e. The zero-order valence-corrected chi connectivity index (χ0v) is 4.43. The van der Waals surface area contributed by atoms with Gasteiger partial charge in [0.15, 0.2) is 11.5 Å². The second kappa shape index (κ2) is 2.39. The summed E-state index contributed by atoms with van der Waals surface area (Å²) in [5.41, 5.74) is 0. The summed E-state index contributed by atoms with van der Waals surface area (Å²) in [4.78, 5) is 10.1. The van der Waals surface area contributed by atoms with Crippen LogP contribution in [0.2, 0.25) is 0 Å². The Hall–Kier alpha value is -0.790. The molecule has 0 aromatic rings. The number of Topliss-reactive ketones (excluding diaryl/α,β-unsaturated/α-hetero) is 1. The molecule has 0 aliphatic carbocycles. The summed E-state index contributed by atoms with van der Waals surface area (Å²) in [6.45, 7) is 2.92. The van der Waals surface area contributed by atoms with E-state index in [-0.39, 0.29) is 11.5 Å². The summed E-state index contributed by atoms with van der Waals surface area (Å²) >= 11 is 0. The van der Waals surface area contributed by atoms with Crippen molar-refractivity contribution in [2.45, 2.75) is 13.8 Å². The van der Waals surface area contributed by atoms with Crippen LogP contribution >= 0.6 is 0 Å². The van der Waals surface area contributed by atoms with Gasteiger partial charge in [-0.3, -0.25) is 4.79 Å². The van der Waals surface area contributed by atoms with Gasteiger partial charge in [-0.05, 0) is 13.0 Å². The van der Waals surface area contributed by atoms with E-state index < -0.39 is 0 Å². The Kier molecular flexibility index (Phi) is 2.12. The fraction of sp³-hybridized carbons (Fsp3) is 0.400. The monoisotopic (exact) mass is 100 g/mol. The number of aliphatic hydroxyl groups excluding tert-OH is 1. The maximum absolute atomic E-state index is 10.1. The molecule has 0 aromatic heterocycles. The van der Waals surface area contributed by atoms with Crippen LogP contribution in [0, 0.1) is 0 Å². The average molecular weight is 100 g/mol. The number of aliphatic hydroxyl groups is 1. The van der Waals surface area contributed by atoms with Crippen molar-refractivity contribution in [3.05, 3.63) is 11.8 Å². The van der Waals surface area contributed by atoms with Gasteiger partial charge in [-0.15, -0.1) is 0 Å². The summed E-state index contributed by atoms with van der Waals surface area (Å²) in [6, 6.07) is 0. The molecule has 2 nitrogen and oxygen atoms in total. The van der Waals surface area contributed by atoms with Gasteiger partial charge in [-0.2, -0.15) is 0 Å². The molecular formula is C5H8O2. The third-order valence-electron chi connectivity index (χ3n) is 0.634. The minimum absolute atomic E-state index is 0.167. The van der Waals surface area contributed by atoms with Crippen molar-refractivity contribution in [1.29, 1.82) is 0 Å². The number of carbonyl (C=O) groups excluding carboxylic acids is 1. The van der Waals surface area contributed by atoms with E-state index in [2.05, 4.69) is 0 Å². The van der Waals surface area contributed by atoms with Gasteiger partial charge in [-0.25, -0.2) is 0 Å². The molecule has 0 aliphatic rings. The number of carbonyl (C=O) groups is 1. The summed E-state index contributed by atoms with van der Waals surface area (Å²) in [6.07, 6.45) is 1.36. The molecule has 0 radical (unpaired) electrons. The lowest BCUT2D eigenvalue weighted by atomic mass is 10.3. The highest BCUT2D eigenvalue weighted by atomic mass is 16.3. The van der Waals surface area contributed by atoms with Crippen LogP contribution in [0.5, 0.6) is 0 Å². The maximum Gasteiger partial charge on any atom is 0.193 e. The number of ketones is 1. The molecule has 0 unspecified atom stereocenters. The second-order valence-electron chi connectivity index (χ2n) is 1.23. The molecule has 0 aromatic carbocycles. The smallest absolute Gasteiger partial charge is 0.193 e. The van der Waals surface area contributed by atoms with Crippen LogP contribution in [0.1, 0.15) is 13.8 Å². The number of allylic oxidation sites excluding steroid dienone is 2. The Labute approximate surface area is 42.5 Å². The van der Waals surface area contributed by atoms with Crippen molar-refractivity contribution < 1.29 is 9.90 Å². The quantitative estimate of drug-likeness (QED) is 0.395. The Morgan fingerprint density at radius 2 is 2.14 bits per heavy atom. The van der Waals surface area contributed by atoms with Crippen LogP contribution in [-0.2, 0) is 4.79 Å². The maximum atomic E-state index is 10.1. The molecule has 2 heteroatoms. The van der Waals surface area contributed by atoms with Crippen LogP contribution in [-0.4, -0.2) is 10.9 Å². The Balaban J connectivity index is 3.82. The lowest BCUT2D eigenvalue weighted by Crippen LogP contribution is -1.92. The second-order valence-corrected chi connectivity index (χ2v) is 1.23. The molecule has 0 atom stereocenters. The van der Waals surface area contributed by atoms with Gasteiger partial charge in [0.1, 0.15) is 0 Å². The molecule has 0 amide bonds. The first-order chi connectivity index (χ1) is 3.18. The lowest BCUT2D eigenvalue weighted by Gasteiger charge is -1.84. The SMILES string of the molecule is C/C=C(\O)C(C)=O. The van der Waals surface area contributed by atoms with Crippen molar-refractivity contribution in [3.8, 4) is 0 Å². The van der Waals surface area contributed by atoms with Crippen molar-refractivity contribution >= 4 is 5.78 Å². The van der Waals surface area contributed by atoms with E-state index in [1.807, 2.05) is 0 Å². The third-order valence-corrected chi connectivity index (χ3v) is 0.634. The van der Waals surface area contributed by atoms with Gasteiger partial charge in [0, 0.05) is 6.92 Å². The molecule has 0 bridgehead atoms. The summed E-state index contributed by atoms with van der Waals surface area (Å²) in [5, 5.41) is 8.45. The summed E-state index contributed by atoms with van der Waals surface area (Å²) in [5.74, 6) is -0.456. The summed E-state index contributed by atoms with van der Waals surface area (Å²) in [7, 11) is 0. The van der Waals surface area contributed by atoms with E-state index in [4.69, 9.17) is 5.11 Å². The Bertz CT molecular complexity index is 103. The topological polar surface area (TPSA) is 37.3 Å². The molecule has 0 fully saturated rings. The van der Waals surface area contributed by atoms with Crippen LogP contribution in [0.15, 0.2) is 11.8 Å². The lowest BCUT2D eigenvalue weighted by molar-refractivity contribution is -0.115. The molecule has 0 rings (SSSR count). The molecule has 40 valence electrons. The van der Waals surface area contributed by atoms with Gasteiger partial charge < -0.3 is 5.11 Å². The van der Waals surface area contributed by atoms with Crippen LogP contribution in [0.4, 0.5) is 0 Å². The highest BCUT2D eigenvalue weighted by Gasteiger charge is 1.93. The number of hydrogen-bond acceptors (Lipinski definition) is 2. The average Bonchev–Trinajstić information content (AvgIpc) is 1.65. The van der Waals surface area contributed by atoms with Crippen molar-refractivity contribution in [3.63, 3.8) is 0 Å².